The van der Waals surface area contributed by atoms with Crippen molar-refractivity contribution in [2.24, 2.45) is 0 Å². The van der Waals surface area contributed by atoms with Crippen molar-refractivity contribution in [3.63, 3.8) is 0 Å². The predicted octanol–water partition coefficient (Wildman–Crippen LogP) is 3.62. The van der Waals surface area contributed by atoms with Crippen LogP contribution >= 0.6 is 34.5 Å². The molecule has 0 N–H and O–H groups in total. The summed E-state index contributed by atoms with van der Waals surface area (Å²) in [4.78, 5) is 8.91. The Balaban J connectivity index is 1.87. The highest BCUT2D eigenvalue weighted by atomic mass is 35.5. The average Bonchev–Trinajstić information content (AvgIpc) is 3.07. The highest BCUT2D eigenvalue weighted by Gasteiger charge is 2.15. The van der Waals surface area contributed by atoms with E-state index in [4.69, 9.17) is 23.2 Å². The minimum Gasteiger partial charge on any atom is -0.261 e. The van der Waals surface area contributed by atoms with E-state index in [0.717, 1.165) is 10.6 Å². The summed E-state index contributed by atoms with van der Waals surface area (Å²) in [6.45, 7) is 0. The number of fused-ring (bicyclic) bond motifs is 1. The van der Waals surface area contributed by atoms with Gasteiger partial charge < -0.3 is 0 Å². The van der Waals surface area contributed by atoms with Crippen LogP contribution in [0.3, 0.4) is 0 Å². The molecule has 0 aliphatic carbocycles. The van der Waals surface area contributed by atoms with E-state index in [9.17, 15) is 0 Å². The third kappa shape index (κ3) is 2.33. The summed E-state index contributed by atoms with van der Waals surface area (Å²) >= 11 is 13.5. The molecule has 0 bridgehead atoms. The molecule has 0 radical (unpaired) electrons. The lowest BCUT2D eigenvalue weighted by atomic mass is 10.2. The van der Waals surface area contributed by atoms with E-state index in [0.29, 0.717) is 26.5 Å². The molecule has 4 rings (SSSR count). The van der Waals surface area contributed by atoms with Gasteiger partial charge in [-0.2, -0.15) is 9.61 Å². The molecule has 0 saturated heterocycles. The molecule has 0 fully saturated rings. The molecular weight excluding hydrogens is 343 g/mol. The van der Waals surface area contributed by atoms with Gasteiger partial charge in [0.25, 0.3) is 0 Å². The van der Waals surface area contributed by atoms with Gasteiger partial charge in [0.05, 0.1) is 6.20 Å². The Labute approximate surface area is 138 Å². The molecular formula is C13H6Cl2N6S. The third-order valence-corrected chi connectivity index (χ3v) is 4.28. The van der Waals surface area contributed by atoms with Crippen LogP contribution in [0.25, 0.3) is 27.1 Å². The number of hydrogen-bond acceptors (Lipinski definition) is 6. The van der Waals surface area contributed by atoms with Crippen molar-refractivity contribution in [2.45, 2.75) is 0 Å². The molecule has 0 atom stereocenters. The molecule has 3 heterocycles. The molecule has 6 nitrogen and oxygen atoms in total. The molecule has 0 amide bonds. The van der Waals surface area contributed by atoms with E-state index < -0.39 is 0 Å². The van der Waals surface area contributed by atoms with E-state index in [1.165, 1.54) is 11.3 Å². The lowest BCUT2D eigenvalue weighted by Crippen LogP contribution is -1.93. The van der Waals surface area contributed by atoms with Gasteiger partial charge in [-0.3, -0.25) is 4.98 Å². The number of hydrogen-bond donors (Lipinski definition) is 0. The van der Waals surface area contributed by atoms with Crippen LogP contribution < -0.4 is 0 Å². The molecule has 0 spiro atoms. The maximum atomic E-state index is 6.04. The molecule has 108 valence electrons. The summed E-state index contributed by atoms with van der Waals surface area (Å²) in [5.74, 6) is 0.540. The Bertz CT molecular complexity index is 945. The third-order valence-electron chi connectivity index (χ3n) is 2.89. The Morgan fingerprint density at radius 3 is 2.55 bits per heavy atom. The highest BCUT2D eigenvalue weighted by Crippen LogP contribution is 2.31. The first-order valence-electron chi connectivity index (χ1n) is 6.16. The van der Waals surface area contributed by atoms with Crippen LogP contribution in [0.1, 0.15) is 0 Å². The second kappa shape index (κ2) is 5.28. The van der Waals surface area contributed by atoms with Crippen molar-refractivity contribution >= 4 is 39.5 Å². The van der Waals surface area contributed by atoms with Crippen molar-refractivity contribution < 1.29 is 0 Å². The maximum Gasteiger partial charge on any atom is 0.235 e. The Kier molecular flexibility index (Phi) is 3.25. The molecule has 4 aromatic rings. The average molecular weight is 349 g/mol. The summed E-state index contributed by atoms with van der Waals surface area (Å²) in [6.07, 6.45) is 4.81. The summed E-state index contributed by atoms with van der Waals surface area (Å²) in [6, 6.07) is 5.29. The molecule has 3 aromatic heterocycles. The summed E-state index contributed by atoms with van der Waals surface area (Å²) in [5, 5.41) is 14.6. The normalized spacial score (nSPS) is 11.2. The maximum absolute atomic E-state index is 6.04. The smallest absolute Gasteiger partial charge is 0.235 e. The zero-order valence-electron chi connectivity index (χ0n) is 10.8. The predicted molar refractivity (Wildman–Crippen MR) is 85.1 cm³/mol. The van der Waals surface area contributed by atoms with Crippen molar-refractivity contribution in [1.82, 2.24) is 29.8 Å². The van der Waals surface area contributed by atoms with Crippen LogP contribution in [0.15, 0.2) is 36.8 Å². The lowest BCUT2D eigenvalue weighted by Gasteiger charge is -1.98. The molecule has 0 aliphatic heterocycles. The fourth-order valence-corrected chi connectivity index (χ4v) is 3.34. The number of aromatic nitrogens is 6. The van der Waals surface area contributed by atoms with Crippen LogP contribution in [0.2, 0.25) is 10.0 Å². The van der Waals surface area contributed by atoms with Gasteiger partial charge in [-0.25, -0.2) is 4.98 Å². The largest absolute Gasteiger partial charge is 0.261 e. The van der Waals surface area contributed by atoms with E-state index in [2.05, 4.69) is 25.3 Å². The van der Waals surface area contributed by atoms with Gasteiger partial charge in [0.15, 0.2) is 0 Å². The minimum atomic E-state index is 0.540. The molecule has 9 heteroatoms. The zero-order valence-corrected chi connectivity index (χ0v) is 13.1. The fourth-order valence-electron chi connectivity index (χ4n) is 1.99. The van der Waals surface area contributed by atoms with Gasteiger partial charge in [-0.1, -0.05) is 34.5 Å². The fraction of sp³-hybridized carbons (Fsp3) is 0. The van der Waals surface area contributed by atoms with Crippen LogP contribution in [-0.4, -0.2) is 29.8 Å². The van der Waals surface area contributed by atoms with Gasteiger partial charge in [0.1, 0.15) is 10.7 Å². The first kappa shape index (κ1) is 13.6. The van der Waals surface area contributed by atoms with Gasteiger partial charge in [-0.05, 0) is 18.2 Å². The Morgan fingerprint density at radius 2 is 1.82 bits per heavy atom. The van der Waals surface area contributed by atoms with E-state index in [1.54, 1.807) is 41.3 Å². The van der Waals surface area contributed by atoms with Crippen molar-refractivity contribution in [3.05, 3.63) is 46.8 Å². The topological polar surface area (TPSA) is 68.9 Å². The van der Waals surface area contributed by atoms with Gasteiger partial charge >= 0.3 is 0 Å². The number of halogens is 2. The van der Waals surface area contributed by atoms with Crippen LogP contribution in [-0.2, 0) is 0 Å². The lowest BCUT2D eigenvalue weighted by molar-refractivity contribution is 0.957. The SMILES string of the molecule is Clc1cc(Cl)cc(-c2nn3c(-c4cnccn4)nnc3s2)c1. The van der Waals surface area contributed by atoms with Crippen LogP contribution in [0, 0.1) is 0 Å². The summed E-state index contributed by atoms with van der Waals surface area (Å²) in [5.41, 5.74) is 1.44. The summed E-state index contributed by atoms with van der Waals surface area (Å²) < 4.78 is 1.64. The number of nitrogens with zero attached hydrogens (tertiary/aromatic N) is 6. The van der Waals surface area contributed by atoms with E-state index in [1.807, 2.05) is 0 Å². The molecule has 0 saturated carbocycles. The first-order chi connectivity index (χ1) is 10.7. The number of rotatable bonds is 2. The van der Waals surface area contributed by atoms with Gasteiger partial charge in [0.2, 0.25) is 10.8 Å². The van der Waals surface area contributed by atoms with E-state index >= 15 is 0 Å². The van der Waals surface area contributed by atoms with Crippen molar-refractivity contribution in [2.75, 3.05) is 0 Å². The van der Waals surface area contributed by atoms with Gasteiger partial charge in [-0.15, -0.1) is 10.2 Å². The second-order valence-electron chi connectivity index (χ2n) is 4.37. The van der Waals surface area contributed by atoms with Crippen LogP contribution in [0.5, 0.6) is 0 Å². The van der Waals surface area contributed by atoms with Crippen LogP contribution in [0.4, 0.5) is 0 Å². The molecule has 0 aliphatic rings. The van der Waals surface area contributed by atoms with E-state index in [-0.39, 0.29) is 0 Å². The Morgan fingerprint density at radius 1 is 1.00 bits per heavy atom. The molecule has 22 heavy (non-hydrogen) atoms. The second-order valence-corrected chi connectivity index (χ2v) is 6.20. The van der Waals surface area contributed by atoms with Gasteiger partial charge in [0, 0.05) is 28.0 Å². The first-order valence-corrected chi connectivity index (χ1v) is 7.73. The van der Waals surface area contributed by atoms with Crippen molar-refractivity contribution in [3.8, 4) is 22.1 Å². The Hall–Kier alpha value is -2.09. The van der Waals surface area contributed by atoms with Crippen molar-refractivity contribution in [1.29, 1.82) is 0 Å². The number of benzene rings is 1. The summed E-state index contributed by atoms with van der Waals surface area (Å²) in [7, 11) is 0. The molecule has 0 unspecified atom stereocenters. The quantitative estimate of drug-likeness (QED) is 0.553. The minimum absolute atomic E-state index is 0.540. The monoisotopic (exact) mass is 348 g/mol. The zero-order chi connectivity index (χ0) is 15.1. The highest BCUT2D eigenvalue weighted by molar-refractivity contribution is 7.19. The standard InChI is InChI=1S/C13H6Cl2N6S/c14-8-3-7(4-9(15)5-8)12-20-21-11(18-19-13(21)22-12)10-6-16-1-2-17-10/h1-6H. The molecule has 1 aromatic carbocycles.